The lowest BCUT2D eigenvalue weighted by Crippen LogP contribution is -2.06. The number of nitrogen functional groups attached to an aromatic ring is 1. The average molecular weight is 353 g/mol. The van der Waals surface area contributed by atoms with Gasteiger partial charge in [0.25, 0.3) is 0 Å². The van der Waals surface area contributed by atoms with Crippen molar-refractivity contribution in [3.05, 3.63) is 70.9 Å². The van der Waals surface area contributed by atoms with Crippen LogP contribution in [0.5, 0.6) is 0 Å². The van der Waals surface area contributed by atoms with Gasteiger partial charge in [-0.2, -0.15) is 0 Å². The van der Waals surface area contributed by atoms with Gasteiger partial charge >= 0.3 is 0 Å². The number of anilines is 2. The molecule has 0 radical (unpaired) electrons. The highest BCUT2D eigenvalue weighted by atomic mass is 35.5. The Morgan fingerprint density at radius 3 is 2.64 bits per heavy atom. The van der Waals surface area contributed by atoms with Crippen molar-refractivity contribution in [1.29, 1.82) is 0 Å². The smallest absolute Gasteiger partial charge is 0.223 e. The van der Waals surface area contributed by atoms with Crippen LogP contribution in [0, 0.1) is 0 Å². The van der Waals surface area contributed by atoms with E-state index in [2.05, 4.69) is 15.3 Å². The summed E-state index contributed by atoms with van der Waals surface area (Å²) in [6.45, 7) is 2.70. The molecule has 0 amide bonds. The number of nitrogens with two attached hydrogens (primary N) is 1. The molecule has 0 bridgehead atoms. The van der Waals surface area contributed by atoms with Gasteiger partial charge in [-0.15, -0.1) is 0 Å². The molecule has 0 spiro atoms. The molecule has 0 saturated heterocycles. The van der Waals surface area contributed by atoms with Crippen molar-refractivity contribution in [2.45, 2.75) is 6.92 Å². The van der Waals surface area contributed by atoms with Gasteiger partial charge < -0.3 is 11.1 Å². The van der Waals surface area contributed by atoms with Crippen molar-refractivity contribution in [3.63, 3.8) is 0 Å². The van der Waals surface area contributed by atoms with Crippen molar-refractivity contribution >= 4 is 29.0 Å². The van der Waals surface area contributed by atoms with Gasteiger partial charge in [0, 0.05) is 40.1 Å². The summed E-state index contributed by atoms with van der Waals surface area (Å²) in [5.41, 5.74) is 8.93. The first kappa shape index (κ1) is 16.9. The topological polar surface area (TPSA) is 80.9 Å². The fourth-order valence-electron chi connectivity index (χ4n) is 2.43. The molecule has 3 N–H and O–H groups in total. The number of rotatable bonds is 5. The Kier molecular flexibility index (Phi) is 4.95. The number of carbonyl (C=O) groups excluding carboxylic acids is 1. The Morgan fingerprint density at radius 1 is 1.16 bits per heavy atom. The lowest BCUT2D eigenvalue weighted by atomic mass is 9.98. The van der Waals surface area contributed by atoms with Crippen LogP contribution in [0.25, 0.3) is 11.3 Å². The minimum atomic E-state index is -0.156. The zero-order valence-electron chi connectivity index (χ0n) is 13.7. The van der Waals surface area contributed by atoms with Crippen LogP contribution < -0.4 is 11.1 Å². The van der Waals surface area contributed by atoms with Gasteiger partial charge in [0.1, 0.15) is 0 Å². The Balaban J connectivity index is 1.99. The summed E-state index contributed by atoms with van der Waals surface area (Å²) >= 11 is 5.88. The van der Waals surface area contributed by atoms with Crippen LogP contribution in [0.2, 0.25) is 5.02 Å². The zero-order chi connectivity index (χ0) is 17.8. The van der Waals surface area contributed by atoms with Gasteiger partial charge in [-0.1, -0.05) is 17.7 Å². The van der Waals surface area contributed by atoms with E-state index in [1.165, 1.54) is 0 Å². The highest BCUT2D eigenvalue weighted by molar-refractivity contribution is 6.30. The molecule has 6 heteroatoms. The molecule has 3 rings (SSSR count). The third-order valence-electron chi connectivity index (χ3n) is 3.69. The maximum absolute atomic E-state index is 12.8. The fourth-order valence-corrected chi connectivity index (χ4v) is 2.56. The Hall–Kier alpha value is -2.92. The quantitative estimate of drug-likeness (QED) is 0.535. The van der Waals surface area contributed by atoms with Crippen molar-refractivity contribution < 1.29 is 4.79 Å². The minimum absolute atomic E-state index is 0.156. The van der Waals surface area contributed by atoms with Gasteiger partial charge in [-0.25, -0.2) is 9.97 Å². The van der Waals surface area contributed by atoms with Crippen LogP contribution in [0.15, 0.2) is 54.7 Å². The van der Waals surface area contributed by atoms with Crippen LogP contribution in [0.3, 0.4) is 0 Å². The molecule has 2 aromatic carbocycles. The molecule has 0 aliphatic rings. The van der Waals surface area contributed by atoms with E-state index in [-0.39, 0.29) is 5.78 Å². The fraction of sp³-hybridized carbons (Fsp3) is 0.105. The summed E-state index contributed by atoms with van der Waals surface area (Å²) in [5, 5.41) is 3.65. The normalized spacial score (nSPS) is 10.5. The van der Waals surface area contributed by atoms with Gasteiger partial charge in [-0.05, 0) is 49.4 Å². The lowest BCUT2D eigenvalue weighted by molar-refractivity contribution is 0.103. The van der Waals surface area contributed by atoms with E-state index < -0.39 is 0 Å². The molecule has 3 aromatic rings. The van der Waals surface area contributed by atoms with Gasteiger partial charge in [-0.3, -0.25) is 4.79 Å². The third-order valence-corrected chi connectivity index (χ3v) is 3.94. The average Bonchev–Trinajstić information content (AvgIpc) is 2.63. The Morgan fingerprint density at radius 2 is 1.92 bits per heavy atom. The molecule has 0 fully saturated rings. The summed E-state index contributed by atoms with van der Waals surface area (Å²) in [7, 11) is 0. The molecule has 0 unspecified atom stereocenters. The van der Waals surface area contributed by atoms with E-state index in [1.807, 2.05) is 13.0 Å². The van der Waals surface area contributed by atoms with Crippen molar-refractivity contribution in [2.75, 3.05) is 17.6 Å². The predicted molar refractivity (Wildman–Crippen MR) is 101 cm³/mol. The minimum Gasteiger partial charge on any atom is -0.398 e. The summed E-state index contributed by atoms with van der Waals surface area (Å²) in [4.78, 5) is 21.4. The lowest BCUT2D eigenvalue weighted by Gasteiger charge is -2.09. The van der Waals surface area contributed by atoms with Crippen LogP contribution in [0.4, 0.5) is 11.6 Å². The molecular formula is C19H17ClN4O. The second-order valence-electron chi connectivity index (χ2n) is 5.43. The number of benzene rings is 2. The van der Waals surface area contributed by atoms with Crippen LogP contribution in [-0.2, 0) is 0 Å². The van der Waals surface area contributed by atoms with Crippen molar-refractivity contribution in [2.24, 2.45) is 0 Å². The summed E-state index contributed by atoms with van der Waals surface area (Å²) in [6.07, 6.45) is 1.68. The SMILES string of the molecule is CCNc1nccc(-c2ccc(N)c(C(=O)c3ccc(Cl)cc3)c2)n1. The van der Waals surface area contributed by atoms with Gasteiger partial charge in [0.15, 0.2) is 5.78 Å². The second kappa shape index (κ2) is 7.32. The molecule has 1 aromatic heterocycles. The standard InChI is InChI=1S/C19H17ClN4O/c1-2-22-19-23-10-9-17(24-19)13-5-8-16(21)15(11-13)18(25)12-3-6-14(20)7-4-12/h3-11H,2,21H2,1H3,(H,22,23,24). The summed E-state index contributed by atoms with van der Waals surface area (Å²) in [5.74, 6) is 0.388. The number of carbonyl (C=O) groups is 1. The highest BCUT2D eigenvalue weighted by Crippen LogP contribution is 2.25. The number of hydrogen-bond acceptors (Lipinski definition) is 5. The highest BCUT2D eigenvalue weighted by Gasteiger charge is 2.14. The van der Waals surface area contributed by atoms with Crippen molar-refractivity contribution in [1.82, 2.24) is 9.97 Å². The molecule has 0 aliphatic carbocycles. The molecule has 0 aliphatic heterocycles. The van der Waals surface area contributed by atoms with Gasteiger partial charge in [0.2, 0.25) is 5.95 Å². The monoisotopic (exact) mass is 352 g/mol. The third kappa shape index (κ3) is 3.78. The molecule has 1 heterocycles. The van der Waals surface area contributed by atoms with Crippen LogP contribution in [0.1, 0.15) is 22.8 Å². The van der Waals surface area contributed by atoms with Crippen molar-refractivity contribution in [3.8, 4) is 11.3 Å². The van der Waals surface area contributed by atoms with E-state index in [1.54, 1.807) is 48.7 Å². The first-order chi connectivity index (χ1) is 12.1. The number of halogens is 1. The maximum Gasteiger partial charge on any atom is 0.223 e. The zero-order valence-corrected chi connectivity index (χ0v) is 14.4. The molecule has 25 heavy (non-hydrogen) atoms. The predicted octanol–water partition coefficient (Wildman–Crippen LogP) is 4.04. The molecule has 0 saturated carbocycles. The second-order valence-corrected chi connectivity index (χ2v) is 5.87. The number of nitrogens with zero attached hydrogens (tertiary/aromatic N) is 2. The van der Waals surface area contributed by atoms with E-state index in [0.717, 1.165) is 17.8 Å². The number of ketones is 1. The largest absolute Gasteiger partial charge is 0.398 e. The number of hydrogen-bond donors (Lipinski definition) is 2. The Bertz CT molecular complexity index is 910. The van der Waals surface area contributed by atoms with Crippen LogP contribution in [-0.4, -0.2) is 22.3 Å². The molecule has 0 atom stereocenters. The molecule has 5 nitrogen and oxygen atoms in total. The molecule has 126 valence electrons. The van der Waals surface area contributed by atoms with E-state index >= 15 is 0 Å². The van der Waals surface area contributed by atoms with E-state index in [9.17, 15) is 4.79 Å². The first-order valence-electron chi connectivity index (χ1n) is 7.85. The molecular weight excluding hydrogens is 336 g/mol. The van der Waals surface area contributed by atoms with Gasteiger partial charge in [0.05, 0.1) is 5.69 Å². The maximum atomic E-state index is 12.8. The Labute approximate surface area is 150 Å². The van der Waals surface area contributed by atoms with E-state index in [0.29, 0.717) is 27.8 Å². The van der Waals surface area contributed by atoms with E-state index in [4.69, 9.17) is 17.3 Å². The summed E-state index contributed by atoms with van der Waals surface area (Å²) in [6, 6.07) is 13.8. The first-order valence-corrected chi connectivity index (χ1v) is 8.23. The summed E-state index contributed by atoms with van der Waals surface area (Å²) < 4.78 is 0. The number of nitrogens with one attached hydrogen (secondary N) is 1. The number of aromatic nitrogens is 2. The van der Waals surface area contributed by atoms with Crippen LogP contribution >= 0.6 is 11.6 Å².